The molecule has 96 valence electrons. The van der Waals surface area contributed by atoms with Crippen LogP contribution in [0.15, 0.2) is 18.2 Å². The van der Waals surface area contributed by atoms with Crippen molar-refractivity contribution in [1.29, 1.82) is 0 Å². The van der Waals surface area contributed by atoms with Crippen LogP contribution >= 0.6 is 11.6 Å². The molecule has 0 unspecified atom stereocenters. The third-order valence-electron chi connectivity index (χ3n) is 2.28. The SMILES string of the molecule is CC(C)(C)NCCNCc1cc(Cl)ccc1F. The molecule has 0 radical (unpaired) electrons. The first-order valence-corrected chi connectivity index (χ1v) is 6.16. The second-order valence-corrected chi connectivity index (χ2v) is 5.53. The molecule has 1 aromatic rings. The quantitative estimate of drug-likeness (QED) is 0.794. The van der Waals surface area contributed by atoms with Gasteiger partial charge < -0.3 is 10.6 Å². The van der Waals surface area contributed by atoms with Gasteiger partial charge in [0.05, 0.1) is 0 Å². The van der Waals surface area contributed by atoms with Crippen molar-refractivity contribution < 1.29 is 4.39 Å². The standard InChI is InChI=1S/C13H20ClFN2/c1-13(2,3)17-7-6-16-9-10-8-11(14)4-5-12(10)15/h4-5,8,16-17H,6-7,9H2,1-3H3. The summed E-state index contributed by atoms with van der Waals surface area (Å²) in [4.78, 5) is 0. The maximum Gasteiger partial charge on any atom is 0.127 e. The molecule has 0 aliphatic carbocycles. The van der Waals surface area contributed by atoms with Crippen LogP contribution in [0.5, 0.6) is 0 Å². The minimum Gasteiger partial charge on any atom is -0.311 e. The fraction of sp³-hybridized carbons (Fsp3) is 0.538. The summed E-state index contributed by atoms with van der Waals surface area (Å²) in [6, 6.07) is 4.61. The smallest absolute Gasteiger partial charge is 0.127 e. The normalized spacial score (nSPS) is 11.8. The van der Waals surface area contributed by atoms with E-state index >= 15 is 0 Å². The molecule has 0 atom stereocenters. The van der Waals surface area contributed by atoms with Crippen molar-refractivity contribution in [3.63, 3.8) is 0 Å². The Morgan fingerprint density at radius 1 is 1.24 bits per heavy atom. The predicted octanol–water partition coefficient (Wildman–Crippen LogP) is 2.96. The van der Waals surface area contributed by atoms with E-state index in [0.29, 0.717) is 17.1 Å². The van der Waals surface area contributed by atoms with Crippen molar-refractivity contribution in [2.45, 2.75) is 32.9 Å². The fourth-order valence-corrected chi connectivity index (χ4v) is 1.62. The van der Waals surface area contributed by atoms with Crippen molar-refractivity contribution in [1.82, 2.24) is 10.6 Å². The molecule has 0 fully saturated rings. The van der Waals surface area contributed by atoms with Gasteiger partial charge in [-0.2, -0.15) is 0 Å². The van der Waals surface area contributed by atoms with Gasteiger partial charge in [0.2, 0.25) is 0 Å². The summed E-state index contributed by atoms with van der Waals surface area (Å²) >= 11 is 5.81. The van der Waals surface area contributed by atoms with Gasteiger partial charge in [-0.05, 0) is 39.0 Å². The first-order chi connectivity index (χ1) is 7.88. The Balaban J connectivity index is 2.29. The Hall–Kier alpha value is -0.640. The molecule has 0 amide bonds. The number of hydrogen-bond acceptors (Lipinski definition) is 2. The van der Waals surface area contributed by atoms with Crippen LogP contribution in [0.1, 0.15) is 26.3 Å². The summed E-state index contributed by atoms with van der Waals surface area (Å²) in [6.07, 6.45) is 0. The van der Waals surface area contributed by atoms with E-state index in [1.165, 1.54) is 6.07 Å². The lowest BCUT2D eigenvalue weighted by Gasteiger charge is -2.20. The van der Waals surface area contributed by atoms with E-state index in [-0.39, 0.29) is 11.4 Å². The molecule has 0 bridgehead atoms. The molecule has 0 aromatic heterocycles. The van der Waals surface area contributed by atoms with Crippen molar-refractivity contribution in [3.05, 3.63) is 34.6 Å². The Morgan fingerprint density at radius 3 is 2.59 bits per heavy atom. The van der Waals surface area contributed by atoms with Crippen LogP contribution in [-0.2, 0) is 6.54 Å². The van der Waals surface area contributed by atoms with Gasteiger partial charge in [0.25, 0.3) is 0 Å². The minimum atomic E-state index is -0.217. The van der Waals surface area contributed by atoms with E-state index in [9.17, 15) is 4.39 Å². The highest BCUT2D eigenvalue weighted by atomic mass is 35.5. The van der Waals surface area contributed by atoms with Gasteiger partial charge in [-0.3, -0.25) is 0 Å². The maximum atomic E-state index is 13.4. The van der Waals surface area contributed by atoms with Crippen LogP contribution in [0.2, 0.25) is 5.02 Å². The van der Waals surface area contributed by atoms with Crippen LogP contribution in [0.3, 0.4) is 0 Å². The lowest BCUT2D eigenvalue weighted by atomic mass is 10.1. The number of hydrogen-bond donors (Lipinski definition) is 2. The van der Waals surface area contributed by atoms with Gasteiger partial charge in [0.15, 0.2) is 0 Å². The molecule has 1 rings (SSSR count). The Labute approximate surface area is 108 Å². The molecule has 17 heavy (non-hydrogen) atoms. The first kappa shape index (κ1) is 14.4. The maximum absolute atomic E-state index is 13.4. The molecule has 0 aliphatic heterocycles. The molecule has 1 aromatic carbocycles. The van der Waals surface area contributed by atoms with Gasteiger partial charge in [-0.1, -0.05) is 11.6 Å². The second kappa shape index (κ2) is 6.34. The number of benzene rings is 1. The number of halogens is 2. The van der Waals surface area contributed by atoms with Crippen LogP contribution in [0.25, 0.3) is 0 Å². The van der Waals surface area contributed by atoms with Gasteiger partial charge in [-0.15, -0.1) is 0 Å². The van der Waals surface area contributed by atoms with Gasteiger partial charge in [-0.25, -0.2) is 4.39 Å². The summed E-state index contributed by atoms with van der Waals surface area (Å²) in [5.74, 6) is -0.217. The molecule has 0 aliphatic rings. The molecular weight excluding hydrogens is 239 g/mol. The van der Waals surface area contributed by atoms with E-state index in [0.717, 1.165) is 13.1 Å². The van der Waals surface area contributed by atoms with Crippen LogP contribution < -0.4 is 10.6 Å². The number of nitrogens with one attached hydrogen (secondary N) is 2. The number of rotatable bonds is 5. The Morgan fingerprint density at radius 2 is 1.94 bits per heavy atom. The highest BCUT2D eigenvalue weighted by molar-refractivity contribution is 6.30. The summed E-state index contributed by atoms with van der Waals surface area (Å²) in [6.45, 7) is 8.49. The first-order valence-electron chi connectivity index (χ1n) is 5.78. The Bertz CT molecular complexity index is 361. The fourth-order valence-electron chi connectivity index (χ4n) is 1.43. The minimum absolute atomic E-state index is 0.114. The zero-order valence-electron chi connectivity index (χ0n) is 10.6. The van der Waals surface area contributed by atoms with Crippen molar-refractivity contribution >= 4 is 11.6 Å². The van der Waals surface area contributed by atoms with E-state index in [1.807, 2.05) is 0 Å². The molecule has 0 spiro atoms. The van der Waals surface area contributed by atoms with E-state index in [1.54, 1.807) is 12.1 Å². The van der Waals surface area contributed by atoms with Crippen molar-refractivity contribution in [2.75, 3.05) is 13.1 Å². The highest BCUT2D eigenvalue weighted by Gasteiger charge is 2.07. The monoisotopic (exact) mass is 258 g/mol. The molecule has 0 heterocycles. The summed E-state index contributed by atoms with van der Waals surface area (Å²) in [7, 11) is 0. The predicted molar refractivity (Wildman–Crippen MR) is 70.9 cm³/mol. The largest absolute Gasteiger partial charge is 0.311 e. The average molecular weight is 259 g/mol. The summed E-state index contributed by atoms with van der Waals surface area (Å²) in [5.41, 5.74) is 0.719. The third kappa shape index (κ3) is 6.01. The Kier molecular flexibility index (Phi) is 5.37. The van der Waals surface area contributed by atoms with Crippen molar-refractivity contribution in [3.8, 4) is 0 Å². The summed E-state index contributed by atoms with van der Waals surface area (Å²) in [5, 5.41) is 7.10. The van der Waals surface area contributed by atoms with Gasteiger partial charge >= 0.3 is 0 Å². The average Bonchev–Trinajstić information content (AvgIpc) is 2.21. The molecule has 0 saturated carbocycles. The lowest BCUT2D eigenvalue weighted by Crippen LogP contribution is -2.40. The van der Waals surface area contributed by atoms with Crippen LogP contribution in [-0.4, -0.2) is 18.6 Å². The third-order valence-corrected chi connectivity index (χ3v) is 2.52. The molecule has 2 nitrogen and oxygen atoms in total. The van der Waals surface area contributed by atoms with Crippen LogP contribution in [0.4, 0.5) is 4.39 Å². The van der Waals surface area contributed by atoms with Gasteiger partial charge in [0, 0.05) is 35.8 Å². The van der Waals surface area contributed by atoms with Crippen LogP contribution in [0, 0.1) is 5.82 Å². The van der Waals surface area contributed by atoms with Crippen molar-refractivity contribution in [2.24, 2.45) is 0 Å². The lowest BCUT2D eigenvalue weighted by molar-refractivity contribution is 0.421. The molecular formula is C13H20ClFN2. The molecule has 4 heteroatoms. The van der Waals surface area contributed by atoms with E-state index in [2.05, 4.69) is 31.4 Å². The van der Waals surface area contributed by atoms with Gasteiger partial charge in [0.1, 0.15) is 5.82 Å². The molecule has 0 saturated heterocycles. The molecule has 2 N–H and O–H groups in total. The highest BCUT2D eigenvalue weighted by Crippen LogP contribution is 2.14. The van der Waals surface area contributed by atoms with E-state index < -0.39 is 0 Å². The summed E-state index contributed by atoms with van der Waals surface area (Å²) < 4.78 is 13.4. The zero-order valence-corrected chi connectivity index (χ0v) is 11.4. The van der Waals surface area contributed by atoms with E-state index in [4.69, 9.17) is 11.6 Å². The second-order valence-electron chi connectivity index (χ2n) is 5.09. The topological polar surface area (TPSA) is 24.1 Å². The zero-order chi connectivity index (χ0) is 12.9.